The summed E-state index contributed by atoms with van der Waals surface area (Å²) in [6.07, 6.45) is -0.741. The van der Waals surface area contributed by atoms with E-state index in [0.717, 1.165) is 5.39 Å². The Morgan fingerprint density at radius 3 is 2.74 bits per heavy atom. The second-order valence-electron chi connectivity index (χ2n) is 6.72. The van der Waals surface area contributed by atoms with Crippen LogP contribution in [0.2, 0.25) is 0 Å². The minimum absolute atomic E-state index is 0.311. The second kappa shape index (κ2) is 7.44. The summed E-state index contributed by atoms with van der Waals surface area (Å²) in [6.45, 7) is 0. The van der Waals surface area contributed by atoms with Crippen LogP contribution in [0.5, 0.6) is 11.5 Å². The van der Waals surface area contributed by atoms with Gasteiger partial charge in [0.25, 0.3) is 0 Å². The van der Waals surface area contributed by atoms with Crippen molar-refractivity contribution in [3.8, 4) is 22.8 Å². The minimum Gasteiger partial charge on any atom is -0.493 e. The highest BCUT2D eigenvalue weighted by molar-refractivity contribution is 7.14. The minimum atomic E-state index is -0.741. The van der Waals surface area contributed by atoms with Gasteiger partial charge in [0.05, 0.1) is 25.5 Å². The van der Waals surface area contributed by atoms with Gasteiger partial charge in [-0.3, -0.25) is 0 Å². The first-order valence-electron chi connectivity index (χ1n) is 9.30. The number of rotatable bonds is 5. The highest BCUT2D eigenvalue weighted by Gasteiger charge is 2.36. The molecule has 0 radical (unpaired) electrons. The lowest BCUT2D eigenvalue weighted by molar-refractivity contribution is 0.0435. The summed E-state index contributed by atoms with van der Waals surface area (Å²) in [5.41, 5.74) is 1.81. The van der Waals surface area contributed by atoms with E-state index in [1.807, 2.05) is 12.1 Å². The number of thiazole rings is 1. The number of hydrogen-bond acceptors (Lipinski definition) is 9. The van der Waals surface area contributed by atoms with Crippen LogP contribution < -0.4 is 20.4 Å². The lowest BCUT2D eigenvalue weighted by Gasteiger charge is -2.13. The number of benzene rings is 2. The number of cyclic esters (lactones) is 1. The topological polar surface area (TPSA) is 99.9 Å². The number of hydrogen-bond donors (Lipinski definition) is 1. The average molecular weight is 436 g/mol. The number of aromatic nitrogens is 1. The predicted octanol–water partition coefficient (Wildman–Crippen LogP) is 4.21. The Morgan fingerprint density at radius 2 is 1.94 bits per heavy atom. The van der Waals surface area contributed by atoms with Gasteiger partial charge in [0.1, 0.15) is 11.1 Å². The SMILES string of the molecule is COc1ccc2c(c1OC)C(=O)O[C@H]2Nc1nc(-c2cc3ccccc3oc2=O)cs1. The second-order valence-corrected chi connectivity index (χ2v) is 7.58. The van der Waals surface area contributed by atoms with Crippen molar-refractivity contribution in [2.75, 3.05) is 19.5 Å². The Hall–Kier alpha value is -3.85. The molecule has 8 nitrogen and oxygen atoms in total. The van der Waals surface area contributed by atoms with E-state index in [1.165, 1.54) is 25.6 Å². The van der Waals surface area contributed by atoms with E-state index >= 15 is 0 Å². The standard InChI is InChI=1S/C22H16N2O6S/c1-27-16-8-7-12-17(18(16)28-2)21(26)30-19(12)24-22-23-14(10-31-22)13-9-11-5-3-4-6-15(11)29-20(13)25/h3-10,19H,1-2H3,(H,23,24)/t19-/m1/s1. The molecule has 1 aliphatic rings. The Morgan fingerprint density at radius 1 is 1.10 bits per heavy atom. The van der Waals surface area contributed by atoms with Crippen molar-refractivity contribution in [3.63, 3.8) is 0 Å². The molecule has 0 saturated heterocycles. The van der Waals surface area contributed by atoms with Crippen molar-refractivity contribution in [2.24, 2.45) is 0 Å². The third-order valence-electron chi connectivity index (χ3n) is 4.97. The Labute approximate surface area is 180 Å². The fourth-order valence-electron chi connectivity index (χ4n) is 3.52. The fourth-order valence-corrected chi connectivity index (χ4v) is 4.25. The van der Waals surface area contributed by atoms with Crippen molar-refractivity contribution in [3.05, 3.63) is 69.4 Å². The predicted molar refractivity (Wildman–Crippen MR) is 115 cm³/mol. The van der Waals surface area contributed by atoms with Gasteiger partial charge in [-0.2, -0.15) is 0 Å². The maximum absolute atomic E-state index is 12.4. The van der Waals surface area contributed by atoms with E-state index in [-0.39, 0.29) is 0 Å². The third kappa shape index (κ3) is 3.19. The number of carbonyl (C=O) groups is 1. The zero-order valence-electron chi connectivity index (χ0n) is 16.5. The van der Waals surface area contributed by atoms with Crippen LogP contribution in [-0.4, -0.2) is 25.2 Å². The van der Waals surface area contributed by atoms with Crippen molar-refractivity contribution in [1.82, 2.24) is 4.98 Å². The van der Waals surface area contributed by atoms with E-state index in [2.05, 4.69) is 10.3 Å². The summed E-state index contributed by atoms with van der Waals surface area (Å²) in [6, 6.07) is 12.5. The first kappa shape index (κ1) is 19.1. The van der Waals surface area contributed by atoms with Gasteiger partial charge >= 0.3 is 11.6 Å². The van der Waals surface area contributed by atoms with Crippen LogP contribution in [0, 0.1) is 0 Å². The van der Waals surface area contributed by atoms with Gasteiger partial charge in [0.15, 0.2) is 16.6 Å². The van der Waals surface area contributed by atoms with Crippen molar-refractivity contribution in [2.45, 2.75) is 6.23 Å². The van der Waals surface area contributed by atoms with Gasteiger partial charge in [0.2, 0.25) is 6.23 Å². The zero-order chi connectivity index (χ0) is 21.5. The number of carbonyl (C=O) groups excluding carboxylic acids is 1. The maximum atomic E-state index is 12.4. The number of fused-ring (bicyclic) bond motifs is 2. The molecule has 0 saturated carbocycles. The van der Waals surface area contributed by atoms with Gasteiger partial charge < -0.3 is 23.9 Å². The van der Waals surface area contributed by atoms with Crippen LogP contribution in [0.25, 0.3) is 22.2 Å². The highest BCUT2D eigenvalue weighted by atomic mass is 32.1. The molecule has 0 unspecified atom stereocenters. The van der Waals surface area contributed by atoms with Gasteiger partial charge in [-0.15, -0.1) is 11.3 Å². The molecule has 0 amide bonds. The molecule has 0 aliphatic carbocycles. The number of esters is 1. The lowest BCUT2D eigenvalue weighted by Crippen LogP contribution is -2.10. The summed E-state index contributed by atoms with van der Waals surface area (Å²) in [5, 5.41) is 6.14. The molecule has 0 fully saturated rings. The van der Waals surface area contributed by atoms with E-state index in [0.29, 0.717) is 44.6 Å². The number of methoxy groups -OCH3 is 2. The molecule has 0 bridgehead atoms. The van der Waals surface area contributed by atoms with Gasteiger partial charge in [-0.05, 0) is 24.3 Å². The van der Waals surface area contributed by atoms with E-state index in [9.17, 15) is 9.59 Å². The molecular weight excluding hydrogens is 420 g/mol. The average Bonchev–Trinajstić information content (AvgIpc) is 3.37. The molecule has 156 valence electrons. The zero-order valence-corrected chi connectivity index (χ0v) is 17.3. The molecule has 0 spiro atoms. The molecule has 1 aliphatic heterocycles. The Balaban J connectivity index is 1.46. The molecule has 5 rings (SSSR count). The van der Waals surface area contributed by atoms with Crippen LogP contribution in [0.3, 0.4) is 0 Å². The number of para-hydroxylation sites is 1. The quantitative estimate of drug-likeness (QED) is 0.367. The van der Waals surface area contributed by atoms with Crippen LogP contribution in [0.4, 0.5) is 5.13 Å². The van der Waals surface area contributed by atoms with E-state index < -0.39 is 17.8 Å². The first-order chi connectivity index (χ1) is 15.1. The molecule has 2 aromatic heterocycles. The van der Waals surface area contributed by atoms with Crippen LogP contribution in [0.1, 0.15) is 22.1 Å². The lowest BCUT2D eigenvalue weighted by atomic mass is 10.1. The molecule has 3 heterocycles. The smallest absolute Gasteiger partial charge is 0.345 e. The van der Waals surface area contributed by atoms with Gasteiger partial charge in [-0.1, -0.05) is 18.2 Å². The maximum Gasteiger partial charge on any atom is 0.345 e. The van der Waals surface area contributed by atoms with Crippen LogP contribution in [0.15, 0.2) is 57.1 Å². The van der Waals surface area contributed by atoms with Gasteiger partial charge in [-0.25, -0.2) is 14.6 Å². The number of nitrogens with one attached hydrogen (secondary N) is 1. The normalized spacial score (nSPS) is 14.9. The van der Waals surface area contributed by atoms with Crippen molar-refractivity contribution in [1.29, 1.82) is 0 Å². The van der Waals surface area contributed by atoms with E-state index in [1.54, 1.807) is 35.7 Å². The Bertz CT molecular complexity index is 1380. The monoisotopic (exact) mass is 436 g/mol. The van der Waals surface area contributed by atoms with E-state index in [4.69, 9.17) is 18.6 Å². The number of nitrogens with zero attached hydrogens (tertiary/aromatic N) is 1. The molecule has 1 atom stereocenters. The number of anilines is 1. The summed E-state index contributed by atoms with van der Waals surface area (Å²) in [7, 11) is 2.97. The molecule has 2 aromatic carbocycles. The fraction of sp³-hybridized carbons (Fsp3) is 0.136. The molecular formula is C22H16N2O6S. The molecule has 4 aromatic rings. The van der Waals surface area contributed by atoms with Crippen LogP contribution in [-0.2, 0) is 4.74 Å². The van der Waals surface area contributed by atoms with Crippen LogP contribution >= 0.6 is 11.3 Å². The van der Waals surface area contributed by atoms with Gasteiger partial charge in [0, 0.05) is 16.3 Å². The largest absolute Gasteiger partial charge is 0.493 e. The summed E-state index contributed by atoms with van der Waals surface area (Å²) < 4.78 is 21.5. The highest BCUT2D eigenvalue weighted by Crippen LogP contribution is 2.42. The summed E-state index contributed by atoms with van der Waals surface area (Å²) >= 11 is 1.29. The van der Waals surface area contributed by atoms with Crippen molar-refractivity contribution >= 4 is 33.4 Å². The molecule has 31 heavy (non-hydrogen) atoms. The first-order valence-corrected chi connectivity index (χ1v) is 10.2. The molecule has 1 N–H and O–H groups in total. The summed E-state index contributed by atoms with van der Waals surface area (Å²) in [5.74, 6) is 0.247. The third-order valence-corrected chi connectivity index (χ3v) is 5.74. The molecule has 9 heteroatoms. The Kier molecular flexibility index (Phi) is 4.59. The summed E-state index contributed by atoms with van der Waals surface area (Å²) in [4.78, 5) is 29.3. The van der Waals surface area contributed by atoms with Crippen molar-refractivity contribution < 1.29 is 23.4 Å². The number of ether oxygens (including phenoxy) is 3.